The number of carbonyl (C=O) groups is 1. The monoisotopic (exact) mass is 480 g/mol. The van der Waals surface area contributed by atoms with Gasteiger partial charge in [-0.05, 0) is 53.9 Å². The van der Waals surface area contributed by atoms with Crippen LogP contribution in [0.3, 0.4) is 0 Å². The van der Waals surface area contributed by atoms with E-state index in [4.69, 9.17) is 11.6 Å². The van der Waals surface area contributed by atoms with Crippen molar-refractivity contribution in [1.82, 2.24) is 13.9 Å². The first-order valence-corrected chi connectivity index (χ1v) is 12.2. The zero-order chi connectivity index (χ0) is 23.2. The van der Waals surface area contributed by atoms with Gasteiger partial charge in [-0.2, -0.15) is 4.31 Å². The van der Waals surface area contributed by atoms with Gasteiger partial charge in [0.2, 0.25) is 16.0 Å². The fraction of sp³-hybridized carbons (Fsp3) is 0.167. The smallest absolute Gasteiger partial charge is 0.258 e. The molecule has 1 amide bonds. The maximum atomic E-state index is 13.3. The second kappa shape index (κ2) is 8.30. The summed E-state index contributed by atoms with van der Waals surface area (Å²) in [6, 6.07) is 19.2. The fourth-order valence-corrected chi connectivity index (χ4v) is 5.71. The van der Waals surface area contributed by atoms with Crippen molar-refractivity contribution in [2.75, 3.05) is 11.9 Å². The molecule has 168 valence electrons. The van der Waals surface area contributed by atoms with Crippen LogP contribution >= 0.6 is 11.6 Å². The van der Waals surface area contributed by atoms with E-state index < -0.39 is 15.9 Å². The SMILES string of the molecule is Cn1c(NC(=O)c2cccc(S(=O)(=O)N3CCc4ccccc4C3)c2)nc2cc(Cl)ccc21. The molecule has 0 spiro atoms. The number of anilines is 1. The Kier molecular flexibility index (Phi) is 5.44. The van der Waals surface area contributed by atoms with E-state index in [0.717, 1.165) is 11.1 Å². The lowest BCUT2D eigenvalue weighted by atomic mass is 10.0. The Morgan fingerprint density at radius 1 is 1.03 bits per heavy atom. The van der Waals surface area contributed by atoms with E-state index in [-0.39, 0.29) is 10.5 Å². The molecule has 4 aromatic rings. The standard InChI is InChI=1S/C24H21ClN4O3S/c1-28-22-10-9-19(25)14-21(22)26-24(28)27-23(30)17-7-4-8-20(13-17)33(31,32)29-12-11-16-5-2-3-6-18(16)15-29/h2-10,13-14H,11-12,15H2,1H3,(H,26,27,30). The largest absolute Gasteiger partial charge is 0.313 e. The average Bonchev–Trinajstić information content (AvgIpc) is 3.12. The number of rotatable bonds is 4. The summed E-state index contributed by atoms with van der Waals surface area (Å²) in [5.74, 6) is -0.0984. The Balaban J connectivity index is 1.40. The highest BCUT2D eigenvalue weighted by atomic mass is 35.5. The topological polar surface area (TPSA) is 84.3 Å². The number of nitrogens with zero attached hydrogens (tertiary/aromatic N) is 3. The molecule has 9 heteroatoms. The van der Waals surface area contributed by atoms with E-state index in [1.54, 1.807) is 35.9 Å². The van der Waals surface area contributed by atoms with Crippen molar-refractivity contribution in [1.29, 1.82) is 0 Å². The first kappa shape index (κ1) is 21.6. The van der Waals surface area contributed by atoms with Gasteiger partial charge in [0.05, 0.1) is 15.9 Å². The number of aryl methyl sites for hydroxylation is 1. The Morgan fingerprint density at radius 3 is 2.64 bits per heavy atom. The molecule has 5 rings (SSSR count). The van der Waals surface area contributed by atoms with Crippen LogP contribution in [-0.4, -0.2) is 34.7 Å². The van der Waals surface area contributed by atoms with Crippen LogP contribution in [0.25, 0.3) is 11.0 Å². The summed E-state index contributed by atoms with van der Waals surface area (Å²) in [4.78, 5) is 17.4. The molecule has 2 heterocycles. The van der Waals surface area contributed by atoms with Crippen molar-refractivity contribution in [3.63, 3.8) is 0 Å². The quantitative estimate of drug-likeness (QED) is 0.474. The molecule has 33 heavy (non-hydrogen) atoms. The van der Waals surface area contributed by atoms with Gasteiger partial charge in [-0.3, -0.25) is 10.1 Å². The van der Waals surface area contributed by atoms with Crippen LogP contribution < -0.4 is 5.32 Å². The average molecular weight is 481 g/mol. The molecule has 1 aromatic heterocycles. The number of fused-ring (bicyclic) bond motifs is 2. The highest BCUT2D eigenvalue weighted by Crippen LogP contribution is 2.26. The summed E-state index contributed by atoms with van der Waals surface area (Å²) >= 11 is 6.04. The normalized spacial score (nSPS) is 14.2. The molecular formula is C24H21ClN4O3S. The molecular weight excluding hydrogens is 460 g/mol. The summed E-state index contributed by atoms with van der Waals surface area (Å²) in [6.45, 7) is 0.718. The van der Waals surface area contributed by atoms with Gasteiger partial charge in [-0.15, -0.1) is 0 Å². The molecule has 0 atom stereocenters. The van der Waals surface area contributed by atoms with Crippen molar-refractivity contribution in [3.05, 3.63) is 88.4 Å². The van der Waals surface area contributed by atoms with Crippen LogP contribution in [0, 0.1) is 0 Å². The van der Waals surface area contributed by atoms with Gasteiger partial charge in [0.1, 0.15) is 0 Å². The number of benzene rings is 3. The Bertz CT molecular complexity index is 1500. The zero-order valence-corrected chi connectivity index (χ0v) is 19.4. The first-order chi connectivity index (χ1) is 15.8. The Hall–Kier alpha value is -3.20. The van der Waals surface area contributed by atoms with Gasteiger partial charge in [0.25, 0.3) is 5.91 Å². The summed E-state index contributed by atoms with van der Waals surface area (Å²) < 4.78 is 29.8. The molecule has 3 aromatic carbocycles. The predicted molar refractivity (Wildman–Crippen MR) is 128 cm³/mol. The van der Waals surface area contributed by atoms with Crippen LogP contribution in [0.1, 0.15) is 21.5 Å². The third kappa shape index (κ3) is 4.01. The van der Waals surface area contributed by atoms with E-state index >= 15 is 0 Å². The van der Waals surface area contributed by atoms with E-state index in [2.05, 4.69) is 10.3 Å². The predicted octanol–water partition coefficient (Wildman–Crippen LogP) is 4.23. The molecule has 0 saturated carbocycles. The van der Waals surface area contributed by atoms with E-state index in [1.807, 2.05) is 30.3 Å². The van der Waals surface area contributed by atoms with Crippen LogP contribution in [0.4, 0.5) is 5.95 Å². The number of nitrogens with one attached hydrogen (secondary N) is 1. The number of halogens is 1. The number of sulfonamides is 1. The molecule has 0 fully saturated rings. The molecule has 0 radical (unpaired) electrons. The molecule has 1 aliphatic heterocycles. The third-order valence-corrected chi connectivity index (χ3v) is 7.97. The minimum absolute atomic E-state index is 0.0892. The number of carbonyl (C=O) groups excluding carboxylic acids is 1. The maximum absolute atomic E-state index is 13.3. The van der Waals surface area contributed by atoms with Gasteiger partial charge in [0.15, 0.2) is 0 Å². The Labute approximate surface area is 196 Å². The van der Waals surface area contributed by atoms with E-state index in [0.29, 0.717) is 36.0 Å². The van der Waals surface area contributed by atoms with Gasteiger partial charge < -0.3 is 4.57 Å². The van der Waals surface area contributed by atoms with Crippen LogP contribution in [0.2, 0.25) is 5.02 Å². The number of aromatic nitrogens is 2. The highest BCUT2D eigenvalue weighted by molar-refractivity contribution is 7.89. The molecule has 1 aliphatic rings. The van der Waals surface area contributed by atoms with Gasteiger partial charge in [-0.25, -0.2) is 13.4 Å². The van der Waals surface area contributed by atoms with Gasteiger partial charge >= 0.3 is 0 Å². The summed E-state index contributed by atoms with van der Waals surface area (Å²) in [5.41, 5.74) is 3.88. The molecule has 0 aliphatic carbocycles. The van der Waals surface area contributed by atoms with Crippen molar-refractivity contribution in [3.8, 4) is 0 Å². The first-order valence-electron chi connectivity index (χ1n) is 10.4. The molecule has 0 unspecified atom stereocenters. The zero-order valence-electron chi connectivity index (χ0n) is 17.8. The lowest BCUT2D eigenvalue weighted by Crippen LogP contribution is -2.36. The maximum Gasteiger partial charge on any atom is 0.258 e. The molecule has 1 N–H and O–H groups in total. The van der Waals surface area contributed by atoms with Crippen LogP contribution in [0.5, 0.6) is 0 Å². The number of hydrogen-bond donors (Lipinski definition) is 1. The lowest BCUT2D eigenvalue weighted by Gasteiger charge is -2.28. The summed E-state index contributed by atoms with van der Waals surface area (Å²) in [5, 5.41) is 3.32. The minimum Gasteiger partial charge on any atom is -0.313 e. The van der Waals surface area contributed by atoms with Crippen molar-refractivity contribution in [2.45, 2.75) is 17.9 Å². The summed E-state index contributed by atoms with van der Waals surface area (Å²) in [7, 11) is -1.96. The minimum atomic E-state index is -3.75. The Morgan fingerprint density at radius 2 is 1.82 bits per heavy atom. The lowest BCUT2D eigenvalue weighted by molar-refractivity contribution is 0.102. The van der Waals surface area contributed by atoms with Crippen molar-refractivity contribution >= 4 is 44.5 Å². The second-order valence-electron chi connectivity index (χ2n) is 7.97. The number of imidazole rings is 1. The van der Waals surface area contributed by atoms with Crippen molar-refractivity contribution < 1.29 is 13.2 Å². The number of amides is 1. The summed E-state index contributed by atoms with van der Waals surface area (Å²) in [6.07, 6.45) is 0.659. The fourth-order valence-electron chi connectivity index (χ4n) is 4.08. The third-order valence-electron chi connectivity index (χ3n) is 5.90. The van der Waals surface area contributed by atoms with E-state index in [1.165, 1.54) is 22.0 Å². The molecule has 0 bridgehead atoms. The van der Waals surface area contributed by atoms with Crippen LogP contribution in [-0.2, 0) is 30.0 Å². The van der Waals surface area contributed by atoms with Crippen molar-refractivity contribution in [2.24, 2.45) is 7.05 Å². The van der Waals surface area contributed by atoms with Gasteiger partial charge in [-0.1, -0.05) is 41.9 Å². The molecule has 0 saturated heterocycles. The second-order valence-corrected chi connectivity index (χ2v) is 10.3. The highest BCUT2D eigenvalue weighted by Gasteiger charge is 2.28. The van der Waals surface area contributed by atoms with Gasteiger partial charge in [0, 0.05) is 30.7 Å². The molecule has 7 nitrogen and oxygen atoms in total. The van der Waals surface area contributed by atoms with Crippen LogP contribution in [0.15, 0.2) is 71.6 Å². The number of hydrogen-bond acceptors (Lipinski definition) is 4. The van der Waals surface area contributed by atoms with E-state index in [9.17, 15) is 13.2 Å².